The van der Waals surface area contributed by atoms with Crippen LogP contribution in [-0.4, -0.2) is 9.97 Å². The number of nitrogens with one attached hydrogen (secondary N) is 1. The molecule has 0 radical (unpaired) electrons. The maximum Gasteiger partial charge on any atom is 0.138 e. The van der Waals surface area contributed by atoms with Crippen molar-refractivity contribution in [1.29, 1.82) is 0 Å². The summed E-state index contributed by atoms with van der Waals surface area (Å²) >= 11 is 1.71. The number of hydrogen-bond acceptors (Lipinski definition) is 2. The van der Waals surface area contributed by atoms with Crippen LogP contribution in [0.25, 0.3) is 11.4 Å². The fraction of sp³-hybridized carbons (Fsp3) is 0.222. The highest BCUT2D eigenvalue weighted by Gasteiger charge is 2.04. The van der Waals surface area contributed by atoms with Crippen LogP contribution in [0.4, 0.5) is 0 Å². The molecular formula is C9H10N2S. The molecule has 0 fully saturated rings. The van der Waals surface area contributed by atoms with Crippen molar-refractivity contribution >= 4 is 11.3 Å². The Morgan fingerprint density at radius 1 is 1.33 bits per heavy atom. The van der Waals surface area contributed by atoms with Crippen LogP contribution in [0.5, 0.6) is 0 Å². The fourth-order valence-corrected chi connectivity index (χ4v) is 1.99. The summed E-state index contributed by atoms with van der Waals surface area (Å²) in [4.78, 5) is 7.48. The molecule has 62 valence electrons. The quantitative estimate of drug-likeness (QED) is 0.714. The molecule has 0 saturated carbocycles. The zero-order valence-electron chi connectivity index (χ0n) is 7.09. The van der Waals surface area contributed by atoms with Gasteiger partial charge in [-0.2, -0.15) is 11.3 Å². The SMILES string of the molecule is Cc1cnc(-c2cscc2C)[nH]1. The van der Waals surface area contributed by atoms with Gasteiger partial charge in [0.15, 0.2) is 0 Å². The number of nitrogens with zero attached hydrogens (tertiary/aromatic N) is 1. The van der Waals surface area contributed by atoms with Gasteiger partial charge in [0.1, 0.15) is 5.82 Å². The van der Waals surface area contributed by atoms with Crippen LogP contribution in [0.1, 0.15) is 11.3 Å². The largest absolute Gasteiger partial charge is 0.342 e. The lowest BCUT2D eigenvalue weighted by atomic mass is 10.2. The highest BCUT2D eigenvalue weighted by Crippen LogP contribution is 2.23. The standard InChI is InChI=1S/C9H10N2S/c1-6-4-12-5-8(6)9-10-3-7(2)11-9/h3-5H,1-2H3,(H,10,11). The van der Waals surface area contributed by atoms with Crippen LogP contribution >= 0.6 is 11.3 Å². The fourth-order valence-electron chi connectivity index (χ4n) is 1.15. The van der Waals surface area contributed by atoms with Gasteiger partial charge in [0, 0.05) is 22.8 Å². The van der Waals surface area contributed by atoms with E-state index < -0.39 is 0 Å². The van der Waals surface area contributed by atoms with Crippen LogP contribution in [0.15, 0.2) is 17.0 Å². The molecule has 0 aromatic carbocycles. The van der Waals surface area contributed by atoms with Gasteiger partial charge >= 0.3 is 0 Å². The second-order valence-electron chi connectivity index (χ2n) is 2.88. The Hall–Kier alpha value is -1.09. The zero-order valence-corrected chi connectivity index (χ0v) is 7.90. The molecule has 0 amide bonds. The average molecular weight is 178 g/mol. The minimum atomic E-state index is 0.978. The summed E-state index contributed by atoms with van der Waals surface area (Å²) in [5.74, 6) is 0.978. The van der Waals surface area contributed by atoms with E-state index in [0.29, 0.717) is 0 Å². The normalized spacial score (nSPS) is 10.5. The van der Waals surface area contributed by atoms with E-state index >= 15 is 0 Å². The van der Waals surface area contributed by atoms with Crippen molar-refractivity contribution in [2.75, 3.05) is 0 Å². The van der Waals surface area contributed by atoms with E-state index in [1.54, 1.807) is 11.3 Å². The van der Waals surface area contributed by atoms with Crippen molar-refractivity contribution in [3.05, 3.63) is 28.2 Å². The first-order valence-electron chi connectivity index (χ1n) is 3.82. The van der Waals surface area contributed by atoms with E-state index in [2.05, 4.69) is 27.7 Å². The minimum Gasteiger partial charge on any atom is -0.342 e. The van der Waals surface area contributed by atoms with Crippen LogP contribution in [0, 0.1) is 13.8 Å². The molecule has 3 heteroatoms. The third kappa shape index (κ3) is 1.16. The molecule has 2 aromatic rings. The van der Waals surface area contributed by atoms with Gasteiger partial charge in [-0.25, -0.2) is 4.98 Å². The van der Waals surface area contributed by atoms with Gasteiger partial charge in [-0.05, 0) is 24.8 Å². The summed E-state index contributed by atoms with van der Waals surface area (Å²) in [6.45, 7) is 4.11. The van der Waals surface area contributed by atoms with Crippen molar-refractivity contribution in [3.63, 3.8) is 0 Å². The lowest BCUT2D eigenvalue weighted by Crippen LogP contribution is -1.79. The van der Waals surface area contributed by atoms with Gasteiger partial charge in [0.25, 0.3) is 0 Å². The molecule has 12 heavy (non-hydrogen) atoms. The monoisotopic (exact) mass is 178 g/mol. The maximum absolute atomic E-state index is 4.27. The molecule has 2 heterocycles. The van der Waals surface area contributed by atoms with E-state index in [9.17, 15) is 0 Å². The van der Waals surface area contributed by atoms with Crippen molar-refractivity contribution in [3.8, 4) is 11.4 Å². The van der Waals surface area contributed by atoms with Crippen LogP contribution in [0.3, 0.4) is 0 Å². The summed E-state index contributed by atoms with van der Waals surface area (Å²) in [6, 6.07) is 0. The first-order valence-corrected chi connectivity index (χ1v) is 4.76. The molecule has 0 spiro atoms. The third-order valence-electron chi connectivity index (χ3n) is 1.81. The number of aryl methyl sites for hydroxylation is 2. The first-order chi connectivity index (χ1) is 5.77. The lowest BCUT2D eigenvalue weighted by molar-refractivity contribution is 1.25. The molecule has 0 aliphatic heterocycles. The number of aromatic nitrogens is 2. The molecule has 0 saturated heterocycles. The Morgan fingerprint density at radius 2 is 2.17 bits per heavy atom. The van der Waals surface area contributed by atoms with E-state index in [1.165, 1.54) is 11.1 Å². The van der Waals surface area contributed by atoms with Crippen LogP contribution in [-0.2, 0) is 0 Å². The maximum atomic E-state index is 4.27. The predicted molar refractivity (Wildman–Crippen MR) is 51.4 cm³/mol. The topological polar surface area (TPSA) is 28.7 Å². The Kier molecular flexibility index (Phi) is 1.73. The smallest absolute Gasteiger partial charge is 0.138 e. The van der Waals surface area contributed by atoms with E-state index in [-0.39, 0.29) is 0 Å². The number of thiophene rings is 1. The Bertz CT molecular complexity index is 387. The summed E-state index contributed by atoms with van der Waals surface area (Å²) in [5.41, 5.74) is 3.61. The second-order valence-corrected chi connectivity index (χ2v) is 3.63. The zero-order chi connectivity index (χ0) is 8.55. The molecule has 2 rings (SSSR count). The van der Waals surface area contributed by atoms with Crippen molar-refractivity contribution in [1.82, 2.24) is 9.97 Å². The average Bonchev–Trinajstić information content (AvgIpc) is 2.58. The molecule has 0 unspecified atom stereocenters. The molecule has 2 aromatic heterocycles. The van der Waals surface area contributed by atoms with Crippen molar-refractivity contribution < 1.29 is 0 Å². The Labute approximate surface area is 75.3 Å². The third-order valence-corrected chi connectivity index (χ3v) is 2.67. The van der Waals surface area contributed by atoms with Gasteiger partial charge in [-0.3, -0.25) is 0 Å². The van der Waals surface area contributed by atoms with Crippen molar-refractivity contribution in [2.45, 2.75) is 13.8 Å². The highest BCUT2D eigenvalue weighted by atomic mass is 32.1. The Balaban J connectivity index is 2.50. The van der Waals surface area contributed by atoms with Crippen molar-refractivity contribution in [2.24, 2.45) is 0 Å². The second kappa shape index (κ2) is 2.75. The van der Waals surface area contributed by atoms with E-state index in [1.807, 2.05) is 13.1 Å². The van der Waals surface area contributed by atoms with Crippen LogP contribution < -0.4 is 0 Å². The molecular weight excluding hydrogens is 168 g/mol. The van der Waals surface area contributed by atoms with Gasteiger partial charge in [-0.1, -0.05) is 0 Å². The summed E-state index contributed by atoms with van der Waals surface area (Å²) in [6.07, 6.45) is 1.85. The van der Waals surface area contributed by atoms with E-state index in [0.717, 1.165) is 11.5 Å². The molecule has 0 aliphatic carbocycles. The molecule has 0 aliphatic rings. The Morgan fingerprint density at radius 3 is 2.67 bits per heavy atom. The lowest BCUT2D eigenvalue weighted by Gasteiger charge is -1.92. The van der Waals surface area contributed by atoms with Gasteiger partial charge < -0.3 is 4.98 Å². The molecule has 1 N–H and O–H groups in total. The minimum absolute atomic E-state index is 0.978. The number of hydrogen-bond donors (Lipinski definition) is 1. The summed E-state index contributed by atoms with van der Waals surface area (Å²) in [7, 11) is 0. The van der Waals surface area contributed by atoms with E-state index in [4.69, 9.17) is 0 Å². The number of H-pyrrole nitrogens is 1. The van der Waals surface area contributed by atoms with Gasteiger partial charge in [0.2, 0.25) is 0 Å². The molecule has 2 nitrogen and oxygen atoms in total. The van der Waals surface area contributed by atoms with Gasteiger partial charge in [-0.15, -0.1) is 0 Å². The van der Waals surface area contributed by atoms with Crippen LogP contribution in [0.2, 0.25) is 0 Å². The predicted octanol–water partition coefficient (Wildman–Crippen LogP) is 2.76. The summed E-state index contributed by atoms with van der Waals surface area (Å²) in [5, 5.41) is 4.25. The summed E-state index contributed by atoms with van der Waals surface area (Å²) < 4.78 is 0. The highest BCUT2D eigenvalue weighted by molar-refractivity contribution is 7.08. The first kappa shape index (κ1) is 7.55. The number of rotatable bonds is 1. The number of imidazole rings is 1. The molecule has 0 bridgehead atoms. The van der Waals surface area contributed by atoms with Gasteiger partial charge in [0.05, 0.1) is 0 Å². The molecule has 0 atom stereocenters. The number of aromatic amines is 1.